The summed E-state index contributed by atoms with van der Waals surface area (Å²) >= 11 is 3.41. The van der Waals surface area contributed by atoms with Gasteiger partial charge in [-0.15, -0.1) is 11.3 Å². The molecule has 0 spiro atoms. The molecular formula is C22H25IN3O2S. The number of primary amides is 1. The Balaban J connectivity index is 1.31. The van der Waals surface area contributed by atoms with Gasteiger partial charge in [-0.1, -0.05) is 30.3 Å². The zero-order chi connectivity index (χ0) is 20.5. The van der Waals surface area contributed by atoms with Gasteiger partial charge in [0.1, 0.15) is 4.88 Å². The first-order valence-electron chi connectivity index (χ1n) is 9.92. The van der Waals surface area contributed by atoms with Crippen LogP contribution in [-0.2, 0) is 0 Å². The van der Waals surface area contributed by atoms with Crippen LogP contribution in [-0.4, -0.2) is 54.3 Å². The van der Waals surface area contributed by atoms with Crippen LogP contribution in [0.3, 0.4) is 0 Å². The number of carbonyl (C=O) groups excluding carboxylic acids is 2. The third-order valence-electron chi connectivity index (χ3n) is 5.94. The zero-order valence-electron chi connectivity index (χ0n) is 16.4. The van der Waals surface area contributed by atoms with Crippen LogP contribution in [0.1, 0.15) is 36.9 Å². The molecule has 153 valence electrons. The standard InChI is InChI=1S/C22H25IN3O2S/c1-14-18(19(23)20(29-14)21(24)27)22(28)26-12-16-10-25(11-17(16)13-26)9-5-8-15-6-3-2-4-7-15/h2-4,6-8,16-17H,5,9-13H2,1H3,(H2,24,27)/t16-,17?/m0/s1. The normalized spacial score (nSPS) is 21.5. The molecule has 1 aromatic heterocycles. The van der Waals surface area contributed by atoms with E-state index in [9.17, 15) is 9.59 Å². The number of likely N-dealkylation sites (tertiary alicyclic amines) is 2. The average Bonchev–Trinajstić information content (AvgIpc) is 3.33. The van der Waals surface area contributed by atoms with Crippen molar-refractivity contribution in [2.24, 2.45) is 17.6 Å². The van der Waals surface area contributed by atoms with Crippen molar-refractivity contribution in [3.8, 4) is 0 Å². The molecule has 2 amide bonds. The maximum atomic E-state index is 13.1. The molecule has 0 saturated carbocycles. The Morgan fingerprint density at radius 3 is 2.41 bits per heavy atom. The van der Waals surface area contributed by atoms with Crippen LogP contribution in [0.15, 0.2) is 30.3 Å². The lowest BCUT2D eigenvalue weighted by Gasteiger charge is -2.22. The van der Waals surface area contributed by atoms with Gasteiger partial charge in [-0.3, -0.25) is 9.59 Å². The maximum absolute atomic E-state index is 13.1. The van der Waals surface area contributed by atoms with Crippen LogP contribution in [0, 0.1) is 28.8 Å². The topological polar surface area (TPSA) is 66.6 Å². The number of hydrogen-bond donors (Lipinski definition) is 1. The quantitative estimate of drug-likeness (QED) is 0.592. The summed E-state index contributed by atoms with van der Waals surface area (Å²) in [5.74, 6) is 0.683. The van der Waals surface area contributed by atoms with E-state index in [1.807, 2.05) is 17.9 Å². The molecule has 2 aromatic rings. The summed E-state index contributed by atoms with van der Waals surface area (Å²) in [5, 5.41) is 0. The monoisotopic (exact) mass is 522 g/mol. The van der Waals surface area contributed by atoms with Crippen molar-refractivity contribution in [1.82, 2.24) is 9.80 Å². The lowest BCUT2D eigenvalue weighted by Crippen LogP contribution is -2.34. The fourth-order valence-corrected chi connectivity index (χ4v) is 6.82. The molecule has 7 heteroatoms. The molecule has 5 nitrogen and oxygen atoms in total. The number of nitrogens with two attached hydrogens (primary N) is 1. The fourth-order valence-electron chi connectivity index (χ4n) is 4.52. The Morgan fingerprint density at radius 1 is 1.17 bits per heavy atom. The minimum atomic E-state index is -0.456. The average molecular weight is 522 g/mol. The van der Waals surface area contributed by atoms with E-state index in [-0.39, 0.29) is 5.91 Å². The number of carbonyl (C=O) groups is 2. The molecule has 2 aliphatic heterocycles. The van der Waals surface area contributed by atoms with Gasteiger partial charge < -0.3 is 15.5 Å². The molecule has 29 heavy (non-hydrogen) atoms. The van der Waals surface area contributed by atoms with Gasteiger partial charge in [0.2, 0.25) is 0 Å². The van der Waals surface area contributed by atoms with Gasteiger partial charge in [0, 0.05) is 34.6 Å². The van der Waals surface area contributed by atoms with Crippen LogP contribution in [0.2, 0.25) is 0 Å². The van der Waals surface area contributed by atoms with Gasteiger partial charge in [-0.2, -0.15) is 0 Å². The van der Waals surface area contributed by atoms with Crippen LogP contribution in [0.4, 0.5) is 0 Å². The zero-order valence-corrected chi connectivity index (χ0v) is 19.4. The smallest absolute Gasteiger partial charge is 0.259 e. The minimum Gasteiger partial charge on any atom is -0.365 e. The molecule has 1 radical (unpaired) electrons. The molecule has 4 rings (SSSR count). The molecular weight excluding hydrogens is 497 g/mol. The summed E-state index contributed by atoms with van der Waals surface area (Å²) < 4.78 is 0.706. The van der Waals surface area contributed by atoms with Gasteiger partial charge in [0.05, 0.1) is 5.56 Å². The van der Waals surface area contributed by atoms with E-state index >= 15 is 0 Å². The van der Waals surface area contributed by atoms with Gasteiger partial charge in [0.15, 0.2) is 0 Å². The van der Waals surface area contributed by atoms with Gasteiger partial charge in [-0.25, -0.2) is 0 Å². The number of fused-ring (bicyclic) bond motifs is 1. The van der Waals surface area contributed by atoms with Gasteiger partial charge in [-0.05, 0) is 66.3 Å². The first kappa shape index (κ1) is 20.8. The highest BCUT2D eigenvalue weighted by Gasteiger charge is 2.42. The Hall–Kier alpha value is -1.45. The molecule has 0 aliphatic carbocycles. The second-order valence-corrected chi connectivity index (χ2v) is 10.2. The lowest BCUT2D eigenvalue weighted by atomic mass is 10.0. The van der Waals surface area contributed by atoms with E-state index in [4.69, 9.17) is 5.73 Å². The summed E-state index contributed by atoms with van der Waals surface area (Å²) in [4.78, 5) is 30.6. The number of rotatable bonds is 6. The number of amides is 2. The molecule has 2 atom stereocenters. The Kier molecular flexibility index (Phi) is 6.27. The van der Waals surface area contributed by atoms with Crippen molar-refractivity contribution >= 4 is 45.7 Å². The number of halogens is 1. The molecule has 0 bridgehead atoms. The molecule has 2 fully saturated rings. The first-order valence-corrected chi connectivity index (χ1v) is 11.8. The summed E-state index contributed by atoms with van der Waals surface area (Å²) in [7, 11) is 0. The molecule has 2 saturated heterocycles. The minimum absolute atomic E-state index is 0.0500. The van der Waals surface area contributed by atoms with Crippen molar-refractivity contribution in [1.29, 1.82) is 0 Å². The van der Waals surface area contributed by atoms with Crippen molar-refractivity contribution in [2.45, 2.75) is 13.3 Å². The molecule has 1 unspecified atom stereocenters. The molecule has 3 heterocycles. The Labute approximate surface area is 189 Å². The van der Waals surface area contributed by atoms with Crippen molar-refractivity contribution in [3.05, 3.63) is 61.2 Å². The van der Waals surface area contributed by atoms with E-state index in [0.717, 1.165) is 44.0 Å². The van der Waals surface area contributed by atoms with E-state index in [1.54, 1.807) is 0 Å². The third-order valence-corrected chi connectivity index (χ3v) is 8.50. The Morgan fingerprint density at radius 2 is 1.83 bits per heavy atom. The SMILES string of the molecule is Cc1sc(C(N)=O)c(I)c1C(=O)N1CC2CN(CC[CH]c3ccccc3)C[C@H]2C1. The number of aryl methyl sites for hydroxylation is 1. The third kappa shape index (κ3) is 4.36. The highest BCUT2D eigenvalue weighted by molar-refractivity contribution is 14.1. The maximum Gasteiger partial charge on any atom is 0.259 e. The molecule has 2 aliphatic rings. The van der Waals surface area contributed by atoms with Gasteiger partial charge >= 0.3 is 0 Å². The first-order chi connectivity index (χ1) is 13.9. The van der Waals surface area contributed by atoms with Crippen molar-refractivity contribution in [2.75, 3.05) is 32.7 Å². The van der Waals surface area contributed by atoms with Crippen LogP contribution in [0.25, 0.3) is 0 Å². The molecule has 1 aromatic carbocycles. The lowest BCUT2D eigenvalue weighted by molar-refractivity contribution is 0.0773. The summed E-state index contributed by atoms with van der Waals surface area (Å²) in [6.07, 6.45) is 3.34. The number of hydrogen-bond acceptors (Lipinski definition) is 4. The summed E-state index contributed by atoms with van der Waals surface area (Å²) in [6.45, 7) is 6.69. The number of thiophene rings is 1. The predicted octanol–water partition coefficient (Wildman–Crippen LogP) is 3.41. The molecule has 2 N–H and O–H groups in total. The van der Waals surface area contributed by atoms with Crippen molar-refractivity contribution in [3.63, 3.8) is 0 Å². The highest BCUT2D eigenvalue weighted by atomic mass is 127. The van der Waals surface area contributed by atoms with E-state index in [2.05, 4.69) is 58.2 Å². The number of nitrogens with zero attached hydrogens (tertiary/aromatic N) is 2. The van der Waals surface area contributed by atoms with Crippen LogP contribution < -0.4 is 5.73 Å². The van der Waals surface area contributed by atoms with Crippen molar-refractivity contribution < 1.29 is 9.59 Å². The summed E-state index contributed by atoms with van der Waals surface area (Å²) in [6, 6.07) is 10.5. The Bertz CT molecular complexity index is 900. The van der Waals surface area contributed by atoms with E-state index in [0.29, 0.717) is 25.8 Å². The van der Waals surface area contributed by atoms with Crippen LogP contribution >= 0.6 is 33.9 Å². The largest absolute Gasteiger partial charge is 0.365 e. The second kappa shape index (κ2) is 8.73. The number of benzene rings is 1. The van der Waals surface area contributed by atoms with Gasteiger partial charge in [0.25, 0.3) is 11.8 Å². The van der Waals surface area contributed by atoms with Crippen LogP contribution in [0.5, 0.6) is 0 Å². The summed E-state index contributed by atoms with van der Waals surface area (Å²) in [5.41, 5.74) is 7.39. The second-order valence-electron chi connectivity index (χ2n) is 7.93. The van der Waals surface area contributed by atoms with E-state index < -0.39 is 5.91 Å². The highest BCUT2D eigenvalue weighted by Crippen LogP contribution is 2.35. The predicted molar refractivity (Wildman–Crippen MR) is 124 cm³/mol. The fraction of sp³-hybridized carbons (Fsp3) is 0.409. The van der Waals surface area contributed by atoms with E-state index in [1.165, 1.54) is 16.9 Å².